The Hall–Kier alpha value is -8.19. The van der Waals surface area contributed by atoms with Gasteiger partial charge in [0.05, 0.1) is 27.8 Å². The average molecular weight is 822 g/mol. The lowest BCUT2D eigenvalue weighted by Gasteiger charge is -2.15. The molecule has 9 aromatic carbocycles. The highest BCUT2D eigenvalue weighted by atomic mass is 32.1. The van der Waals surface area contributed by atoms with Gasteiger partial charge in [0.15, 0.2) is 17.5 Å². The van der Waals surface area contributed by atoms with Crippen LogP contribution < -0.4 is 0 Å². The predicted molar refractivity (Wildman–Crippen MR) is 263 cm³/mol. The minimum Gasteiger partial charge on any atom is -0.309 e. The fourth-order valence-electron chi connectivity index (χ4n) is 9.53. The molecule has 0 unspecified atom stereocenters. The molecule has 294 valence electrons. The van der Waals surface area contributed by atoms with Gasteiger partial charge in [-0.05, 0) is 65.7 Å². The lowest BCUT2D eigenvalue weighted by Crippen LogP contribution is -2.04. The van der Waals surface area contributed by atoms with E-state index in [0.717, 1.165) is 39.1 Å². The lowest BCUT2D eigenvalue weighted by atomic mass is 10.0. The van der Waals surface area contributed by atoms with E-state index in [-0.39, 0.29) is 0 Å². The molecule has 6 heteroatoms. The maximum Gasteiger partial charge on any atom is 0.166 e. The normalized spacial score (nSPS) is 11.8. The van der Waals surface area contributed by atoms with Gasteiger partial charge in [0.1, 0.15) is 0 Å². The van der Waals surface area contributed by atoms with Crippen LogP contribution in [-0.2, 0) is 0 Å². The topological polar surface area (TPSA) is 48.5 Å². The maximum absolute atomic E-state index is 5.38. The van der Waals surface area contributed by atoms with Crippen molar-refractivity contribution in [1.82, 2.24) is 24.1 Å². The molecule has 0 atom stereocenters. The van der Waals surface area contributed by atoms with Crippen LogP contribution in [0.2, 0.25) is 0 Å². The van der Waals surface area contributed by atoms with E-state index >= 15 is 0 Å². The molecule has 0 saturated carbocycles. The maximum atomic E-state index is 5.38. The predicted octanol–water partition coefficient (Wildman–Crippen LogP) is 15.1. The Morgan fingerprint density at radius 2 is 0.857 bits per heavy atom. The van der Waals surface area contributed by atoms with E-state index in [4.69, 9.17) is 15.0 Å². The number of nitrogens with zero attached hydrogens (tertiary/aromatic N) is 5. The fraction of sp³-hybridized carbons (Fsp3) is 0. The lowest BCUT2D eigenvalue weighted by molar-refractivity contribution is 1.07. The zero-order valence-electron chi connectivity index (χ0n) is 33.9. The highest BCUT2D eigenvalue weighted by molar-refractivity contribution is 7.26. The van der Waals surface area contributed by atoms with Gasteiger partial charge in [0.25, 0.3) is 0 Å². The highest BCUT2D eigenvalue weighted by Crippen LogP contribution is 2.42. The number of aromatic nitrogens is 5. The fourth-order valence-corrected chi connectivity index (χ4v) is 10.7. The number of para-hydroxylation sites is 3. The third kappa shape index (κ3) is 5.66. The molecular weight excluding hydrogens is 787 g/mol. The first-order valence-corrected chi connectivity index (χ1v) is 22.0. The van der Waals surface area contributed by atoms with Gasteiger partial charge in [0, 0.05) is 64.1 Å². The van der Waals surface area contributed by atoms with Crippen molar-refractivity contribution < 1.29 is 0 Å². The van der Waals surface area contributed by atoms with Crippen molar-refractivity contribution in [3.63, 3.8) is 0 Å². The quantitative estimate of drug-likeness (QED) is 0.168. The summed E-state index contributed by atoms with van der Waals surface area (Å²) in [7, 11) is 0. The molecule has 0 aliphatic carbocycles. The van der Waals surface area contributed by atoms with Crippen LogP contribution in [0.5, 0.6) is 0 Å². The number of fused-ring (bicyclic) bond motifs is 9. The second-order valence-corrected chi connectivity index (χ2v) is 17.0. The zero-order valence-corrected chi connectivity index (χ0v) is 34.7. The Morgan fingerprint density at radius 1 is 0.317 bits per heavy atom. The minimum absolute atomic E-state index is 0.616. The van der Waals surface area contributed by atoms with Crippen molar-refractivity contribution in [1.29, 1.82) is 0 Å². The molecule has 4 aromatic heterocycles. The van der Waals surface area contributed by atoms with Crippen LogP contribution in [0, 0.1) is 0 Å². The van der Waals surface area contributed by atoms with Crippen LogP contribution in [0.1, 0.15) is 0 Å². The summed E-state index contributed by atoms with van der Waals surface area (Å²) < 4.78 is 7.22. The molecule has 0 saturated heterocycles. The van der Waals surface area contributed by atoms with E-state index in [1.54, 1.807) is 11.3 Å². The van der Waals surface area contributed by atoms with Gasteiger partial charge in [-0.2, -0.15) is 0 Å². The summed E-state index contributed by atoms with van der Waals surface area (Å²) in [5, 5.41) is 7.25. The number of hydrogen-bond donors (Lipinski definition) is 0. The van der Waals surface area contributed by atoms with Gasteiger partial charge >= 0.3 is 0 Å². The molecule has 63 heavy (non-hydrogen) atoms. The molecule has 0 bridgehead atoms. The molecule has 5 nitrogen and oxygen atoms in total. The van der Waals surface area contributed by atoms with Crippen LogP contribution in [-0.4, -0.2) is 24.1 Å². The molecule has 0 N–H and O–H groups in total. The van der Waals surface area contributed by atoms with Crippen molar-refractivity contribution in [2.75, 3.05) is 0 Å². The molecule has 13 rings (SSSR count). The SMILES string of the molecule is c1ccc(-c2ccc3c4ccccc4n(-c4ccc5c6ccccc6n(-c6ccccc6-c6nc(-c7ccccc7)nc(-c7cccc8c7sc7ccccc78)n6)c5c4)c3c2)cc1. The van der Waals surface area contributed by atoms with Gasteiger partial charge < -0.3 is 9.13 Å². The summed E-state index contributed by atoms with van der Waals surface area (Å²) in [5.41, 5.74) is 11.8. The summed E-state index contributed by atoms with van der Waals surface area (Å²) in [6.45, 7) is 0. The van der Waals surface area contributed by atoms with Gasteiger partial charge in [0.2, 0.25) is 0 Å². The van der Waals surface area contributed by atoms with Crippen molar-refractivity contribution in [3.8, 4) is 56.7 Å². The van der Waals surface area contributed by atoms with E-state index < -0.39 is 0 Å². The molecule has 0 amide bonds. The van der Waals surface area contributed by atoms with E-state index in [0.29, 0.717) is 17.5 Å². The average Bonchev–Trinajstić information content (AvgIpc) is 4.01. The van der Waals surface area contributed by atoms with Gasteiger partial charge in [-0.25, -0.2) is 15.0 Å². The number of benzene rings is 9. The Bertz CT molecular complexity index is 3920. The minimum atomic E-state index is 0.616. The summed E-state index contributed by atoms with van der Waals surface area (Å²) in [6, 6.07) is 75.6. The van der Waals surface area contributed by atoms with Crippen molar-refractivity contribution in [2.45, 2.75) is 0 Å². The molecule has 0 spiro atoms. The van der Waals surface area contributed by atoms with Crippen LogP contribution in [0.4, 0.5) is 0 Å². The third-order valence-electron chi connectivity index (χ3n) is 12.4. The standard InChI is InChI=1S/C57H35N5S/c1-3-16-36(17-4-1)38-30-32-42-40-20-7-11-26-48(40)61(51(42)34-38)39-31-33-43-41-21-8-12-27-49(41)62(52(43)35-39)50-28-13-9-23-46(50)56-58-55(37-18-5-2-6-19-37)59-57(60-56)47-25-15-24-45-44-22-10-14-29-53(44)63-54(45)47/h1-35H. The molecule has 4 heterocycles. The monoisotopic (exact) mass is 821 g/mol. The smallest absolute Gasteiger partial charge is 0.166 e. The zero-order chi connectivity index (χ0) is 41.4. The van der Waals surface area contributed by atoms with Crippen LogP contribution in [0.3, 0.4) is 0 Å². The Labute approximate surface area is 366 Å². The van der Waals surface area contributed by atoms with E-state index in [1.165, 1.54) is 63.9 Å². The van der Waals surface area contributed by atoms with E-state index in [2.05, 4.69) is 203 Å². The van der Waals surface area contributed by atoms with Gasteiger partial charge in [-0.1, -0.05) is 158 Å². The third-order valence-corrected chi connectivity index (χ3v) is 13.6. The second kappa shape index (κ2) is 14.2. The van der Waals surface area contributed by atoms with Crippen LogP contribution in [0.25, 0.3) is 120 Å². The summed E-state index contributed by atoms with van der Waals surface area (Å²) >= 11 is 1.78. The van der Waals surface area contributed by atoms with Crippen molar-refractivity contribution >= 4 is 75.1 Å². The number of hydrogen-bond acceptors (Lipinski definition) is 4. The number of thiophene rings is 1. The first kappa shape index (κ1) is 35.6. The summed E-state index contributed by atoms with van der Waals surface area (Å²) in [6.07, 6.45) is 0. The highest BCUT2D eigenvalue weighted by Gasteiger charge is 2.22. The van der Waals surface area contributed by atoms with Crippen molar-refractivity contribution in [3.05, 3.63) is 212 Å². The first-order valence-electron chi connectivity index (χ1n) is 21.2. The van der Waals surface area contributed by atoms with Crippen LogP contribution in [0.15, 0.2) is 212 Å². The Kier molecular flexibility index (Phi) is 8.01. The molecular formula is C57H35N5S. The molecule has 13 aromatic rings. The second-order valence-electron chi connectivity index (χ2n) is 16.0. The van der Waals surface area contributed by atoms with E-state index in [9.17, 15) is 0 Å². The number of rotatable bonds is 6. The van der Waals surface area contributed by atoms with Gasteiger partial charge in [-0.15, -0.1) is 11.3 Å². The van der Waals surface area contributed by atoms with Gasteiger partial charge in [-0.3, -0.25) is 0 Å². The van der Waals surface area contributed by atoms with E-state index in [1.807, 2.05) is 18.2 Å². The molecule has 0 aliphatic rings. The summed E-state index contributed by atoms with van der Waals surface area (Å²) in [5.74, 6) is 1.90. The van der Waals surface area contributed by atoms with Crippen molar-refractivity contribution in [2.24, 2.45) is 0 Å². The Morgan fingerprint density at radius 3 is 1.63 bits per heavy atom. The largest absolute Gasteiger partial charge is 0.309 e. The van der Waals surface area contributed by atoms with Crippen LogP contribution >= 0.6 is 11.3 Å². The Balaban J connectivity index is 1.05. The summed E-state index contributed by atoms with van der Waals surface area (Å²) in [4.78, 5) is 15.9. The molecule has 0 radical (unpaired) electrons. The molecule has 0 aliphatic heterocycles. The molecule has 0 fully saturated rings. The first-order chi connectivity index (χ1) is 31.2.